The summed E-state index contributed by atoms with van der Waals surface area (Å²) in [6.45, 7) is 2.29. The van der Waals surface area contributed by atoms with Crippen LogP contribution in [-0.2, 0) is 13.3 Å². The van der Waals surface area contributed by atoms with Crippen molar-refractivity contribution < 1.29 is 13.3 Å². The molecule has 0 aliphatic rings. The van der Waals surface area contributed by atoms with Gasteiger partial charge in [-0.2, -0.15) is 0 Å². The molecule has 0 bridgehead atoms. The number of hydrogen-bond acceptors (Lipinski definition) is 4. The molecule has 0 aliphatic heterocycles. The molecule has 4 nitrogen and oxygen atoms in total. The second-order valence-electron chi connectivity index (χ2n) is 8.84. The lowest BCUT2D eigenvalue weighted by atomic mass is 10.00. The quantitative estimate of drug-likeness (QED) is 0.122. The van der Waals surface area contributed by atoms with Gasteiger partial charge in [-0.1, -0.05) is 90.4 Å². The molecule has 30 heavy (non-hydrogen) atoms. The van der Waals surface area contributed by atoms with Gasteiger partial charge in [-0.05, 0) is 33.4 Å². The summed E-state index contributed by atoms with van der Waals surface area (Å²) in [6.07, 6.45) is 21.9. The van der Waals surface area contributed by atoms with Crippen LogP contribution in [0.4, 0.5) is 0 Å². The SMILES string of the molecule is CCCCCCCCCCCCCC(CCCCC[Si](OC)(OC)OC)N(C)C.Cl. The summed E-state index contributed by atoms with van der Waals surface area (Å²) in [5.41, 5.74) is 0. The van der Waals surface area contributed by atoms with E-state index in [2.05, 4.69) is 25.9 Å². The Hall–Kier alpha value is 0.347. The van der Waals surface area contributed by atoms with Crippen molar-refractivity contribution in [2.24, 2.45) is 0 Å². The van der Waals surface area contributed by atoms with Crippen molar-refractivity contribution in [1.82, 2.24) is 4.90 Å². The van der Waals surface area contributed by atoms with Gasteiger partial charge in [0, 0.05) is 33.4 Å². The molecular weight excluding hydrogens is 414 g/mol. The van der Waals surface area contributed by atoms with Gasteiger partial charge in [-0.15, -0.1) is 12.4 Å². The fraction of sp³-hybridized carbons (Fsp3) is 1.00. The summed E-state index contributed by atoms with van der Waals surface area (Å²) in [6, 6.07) is 1.64. The van der Waals surface area contributed by atoms with E-state index >= 15 is 0 Å². The predicted octanol–water partition coefficient (Wildman–Crippen LogP) is 7.48. The number of hydrogen-bond donors (Lipinski definition) is 0. The Morgan fingerprint density at radius 1 is 0.600 bits per heavy atom. The zero-order valence-corrected chi connectivity index (χ0v) is 23.0. The van der Waals surface area contributed by atoms with Crippen molar-refractivity contribution in [3.8, 4) is 0 Å². The normalized spacial score (nSPS) is 12.9. The van der Waals surface area contributed by atoms with Crippen LogP contribution in [0, 0.1) is 0 Å². The van der Waals surface area contributed by atoms with E-state index in [0.29, 0.717) is 0 Å². The van der Waals surface area contributed by atoms with E-state index in [-0.39, 0.29) is 12.4 Å². The summed E-state index contributed by atoms with van der Waals surface area (Å²) in [5, 5.41) is 0. The molecule has 0 amide bonds. The molecule has 6 heteroatoms. The predicted molar refractivity (Wildman–Crippen MR) is 136 cm³/mol. The highest BCUT2D eigenvalue weighted by Crippen LogP contribution is 2.20. The minimum atomic E-state index is -2.38. The monoisotopic (exact) mass is 467 g/mol. The van der Waals surface area contributed by atoms with Gasteiger partial charge in [-0.3, -0.25) is 0 Å². The third-order valence-electron chi connectivity index (χ3n) is 6.32. The van der Waals surface area contributed by atoms with Crippen molar-refractivity contribution in [3.63, 3.8) is 0 Å². The van der Waals surface area contributed by atoms with Gasteiger partial charge in [-0.25, -0.2) is 0 Å². The molecule has 0 fully saturated rings. The van der Waals surface area contributed by atoms with Crippen molar-refractivity contribution in [3.05, 3.63) is 0 Å². The summed E-state index contributed by atoms with van der Waals surface area (Å²) in [7, 11) is 7.21. The van der Waals surface area contributed by atoms with E-state index in [4.69, 9.17) is 13.3 Å². The van der Waals surface area contributed by atoms with Gasteiger partial charge in [0.05, 0.1) is 0 Å². The van der Waals surface area contributed by atoms with Crippen LogP contribution < -0.4 is 0 Å². The van der Waals surface area contributed by atoms with Gasteiger partial charge in [0.2, 0.25) is 0 Å². The van der Waals surface area contributed by atoms with E-state index in [1.807, 2.05) is 0 Å². The standard InChI is InChI=1S/C24H53NO3Si.ClH/c1-7-8-9-10-11-12-13-14-15-16-18-21-24(25(2)3)22-19-17-20-23-29(26-4,27-5)28-6;/h24H,7-23H2,1-6H3;1H. The summed E-state index contributed by atoms with van der Waals surface area (Å²) in [4.78, 5) is 2.43. The topological polar surface area (TPSA) is 30.9 Å². The third kappa shape index (κ3) is 17.0. The molecule has 0 saturated carbocycles. The largest absolute Gasteiger partial charge is 0.500 e. The van der Waals surface area contributed by atoms with Crippen molar-refractivity contribution in [2.45, 2.75) is 122 Å². The summed E-state index contributed by atoms with van der Waals surface area (Å²) >= 11 is 0. The highest BCUT2D eigenvalue weighted by atomic mass is 35.5. The number of nitrogens with zero attached hydrogens (tertiary/aromatic N) is 1. The van der Waals surface area contributed by atoms with E-state index in [9.17, 15) is 0 Å². The van der Waals surface area contributed by atoms with Crippen LogP contribution in [-0.4, -0.2) is 55.2 Å². The van der Waals surface area contributed by atoms with Crippen molar-refractivity contribution in [2.75, 3.05) is 35.4 Å². The van der Waals surface area contributed by atoms with Gasteiger partial charge < -0.3 is 18.2 Å². The number of unbranched alkanes of at least 4 members (excludes halogenated alkanes) is 12. The molecule has 0 aromatic rings. The Morgan fingerprint density at radius 2 is 0.967 bits per heavy atom. The van der Waals surface area contributed by atoms with Crippen LogP contribution >= 0.6 is 12.4 Å². The Kier molecular flexibility index (Phi) is 24.4. The fourth-order valence-electron chi connectivity index (χ4n) is 4.16. The van der Waals surface area contributed by atoms with Crippen molar-refractivity contribution in [1.29, 1.82) is 0 Å². The zero-order valence-electron chi connectivity index (χ0n) is 21.2. The Labute approximate surface area is 196 Å². The summed E-state index contributed by atoms with van der Waals surface area (Å²) in [5.74, 6) is 0. The highest BCUT2D eigenvalue weighted by Gasteiger charge is 2.36. The third-order valence-corrected chi connectivity index (χ3v) is 9.16. The van der Waals surface area contributed by atoms with Gasteiger partial charge in [0.1, 0.15) is 0 Å². The Bertz CT molecular complexity index is 336. The molecular formula is C24H54ClNO3Si. The lowest BCUT2D eigenvalue weighted by molar-refractivity contribution is 0.122. The van der Waals surface area contributed by atoms with Crippen LogP contribution in [0.2, 0.25) is 6.04 Å². The van der Waals surface area contributed by atoms with E-state index in [1.165, 1.54) is 96.3 Å². The maximum atomic E-state index is 5.51. The van der Waals surface area contributed by atoms with Crippen LogP contribution in [0.15, 0.2) is 0 Å². The molecule has 0 saturated heterocycles. The molecule has 1 atom stereocenters. The minimum Gasteiger partial charge on any atom is -0.377 e. The molecule has 0 aromatic heterocycles. The first kappa shape index (κ1) is 32.5. The van der Waals surface area contributed by atoms with Crippen LogP contribution in [0.25, 0.3) is 0 Å². The second kappa shape index (κ2) is 22.5. The average Bonchev–Trinajstić information content (AvgIpc) is 2.73. The average molecular weight is 468 g/mol. The van der Waals surface area contributed by atoms with E-state index in [1.54, 1.807) is 21.3 Å². The van der Waals surface area contributed by atoms with Gasteiger partial charge in [0.25, 0.3) is 0 Å². The second-order valence-corrected chi connectivity index (χ2v) is 11.9. The number of rotatable bonds is 22. The molecule has 0 spiro atoms. The highest BCUT2D eigenvalue weighted by molar-refractivity contribution is 6.60. The molecule has 0 aliphatic carbocycles. The fourth-order valence-corrected chi connectivity index (χ4v) is 5.95. The summed E-state index contributed by atoms with van der Waals surface area (Å²) < 4.78 is 16.5. The Morgan fingerprint density at radius 3 is 1.33 bits per heavy atom. The van der Waals surface area contributed by atoms with Crippen LogP contribution in [0.5, 0.6) is 0 Å². The van der Waals surface area contributed by atoms with E-state index < -0.39 is 8.80 Å². The maximum absolute atomic E-state index is 5.51. The molecule has 0 aromatic carbocycles. The lowest BCUT2D eigenvalue weighted by Crippen LogP contribution is -2.42. The lowest BCUT2D eigenvalue weighted by Gasteiger charge is -2.25. The van der Waals surface area contributed by atoms with Gasteiger partial charge in [0.15, 0.2) is 0 Å². The smallest absolute Gasteiger partial charge is 0.377 e. The molecule has 1 unspecified atom stereocenters. The molecule has 0 N–H and O–H groups in total. The van der Waals surface area contributed by atoms with Crippen LogP contribution in [0.1, 0.15) is 110 Å². The molecule has 184 valence electrons. The minimum absolute atomic E-state index is 0. The maximum Gasteiger partial charge on any atom is 0.500 e. The van der Waals surface area contributed by atoms with Gasteiger partial charge >= 0.3 is 8.80 Å². The first-order chi connectivity index (χ1) is 14.0. The first-order valence-corrected chi connectivity index (χ1v) is 14.3. The number of halogens is 1. The molecule has 0 heterocycles. The van der Waals surface area contributed by atoms with E-state index in [0.717, 1.165) is 18.5 Å². The molecule has 0 rings (SSSR count). The van der Waals surface area contributed by atoms with Crippen LogP contribution in [0.3, 0.4) is 0 Å². The van der Waals surface area contributed by atoms with Crippen molar-refractivity contribution >= 4 is 21.2 Å². The molecule has 0 radical (unpaired) electrons. The zero-order chi connectivity index (χ0) is 21.8. The first-order valence-electron chi connectivity index (χ1n) is 12.4. The Balaban J connectivity index is 0.